The van der Waals surface area contributed by atoms with E-state index < -0.39 is 0 Å². The van der Waals surface area contributed by atoms with Crippen molar-refractivity contribution in [3.05, 3.63) is 108 Å². The summed E-state index contributed by atoms with van der Waals surface area (Å²) in [6.07, 6.45) is 5.50. The van der Waals surface area contributed by atoms with E-state index >= 15 is 0 Å². The zero-order valence-corrected chi connectivity index (χ0v) is 16.2. The maximum atomic E-state index is 12.7. The third-order valence-corrected chi connectivity index (χ3v) is 4.77. The summed E-state index contributed by atoms with van der Waals surface area (Å²) in [6.45, 7) is 3.09. The number of nitrogens with zero attached hydrogens (tertiary/aromatic N) is 3. The highest BCUT2D eigenvalue weighted by Crippen LogP contribution is 2.18. The quantitative estimate of drug-likeness (QED) is 0.543. The molecule has 5 nitrogen and oxygen atoms in total. The molecule has 1 N–H and O–H groups in total. The van der Waals surface area contributed by atoms with Crippen molar-refractivity contribution < 1.29 is 4.79 Å². The van der Waals surface area contributed by atoms with Gasteiger partial charge in [-0.05, 0) is 30.2 Å². The minimum atomic E-state index is -0.116. The molecule has 0 saturated carbocycles. The lowest BCUT2D eigenvalue weighted by atomic mass is 10.1. The molecule has 0 unspecified atom stereocenters. The Labute approximate surface area is 170 Å². The molecular weight excluding hydrogens is 360 g/mol. The maximum Gasteiger partial charge on any atom is 0.253 e. The van der Waals surface area contributed by atoms with Gasteiger partial charge in [0, 0.05) is 31.0 Å². The van der Waals surface area contributed by atoms with Crippen LogP contribution in [-0.4, -0.2) is 20.4 Å². The van der Waals surface area contributed by atoms with E-state index in [-0.39, 0.29) is 5.91 Å². The van der Waals surface area contributed by atoms with E-state index in [9.17, 15) is 4.79 Å². The van der Waals surface area contributed by atoms with Crippen LogP contribution in [0.25, 0.3) is 11.3 Å². The van der Waals surface area contributed by atoms with Gasteiger partial charge in [-0.1, -0.05) is 54.6 Å². The van der Waals surface area contributed by atoms with Crippen molar-refractivity contribution in [3.63, 3.8) is 0 Å². The molecule has 2 aromatic carbocycles. The molecule has 0 spiro atoms. The standard InChI is InChI=1S/C24H22N4O/c1-18-22(10-11-23(27-18)21-8-3-2-4-9-21)24(29)26-15-19-6-5-7-20(14-19)16-28-13-12-25-17-28/h2-14,17H,15-16H2,1H3,(H,26,29). The summed E-state index contributed by atoms with van der Waals surface area (Å²) in [7, 11) is 0. The first kappa shape index (κ1) is 18.6. The highest BCUT2D eigenvalue weighted by molar-refractivity contribution is 5.95. The van der Waals surface area contributed by atoms with E-state index in [0.717, 1.165) is 29.1 Å². The van der Waals surface area contributed by atoms with Gasteiger partial charge in [0.15, 0.2) is 0 Å². The number of benzene rings is 2. The van der Waals surface area contributed by atoms with Gasteiger partial charge in [-0.3, -0.25) is 9.78 Å². The highest BCUT2D eigenvalue weighted by atomic mass is 16.1. The molecule has 0 saturated heterocycles. The Bertz CT molecular complexity index is 1100. The third kappa shape index (κ3) is 4.58. The third-order valence-electron chi connectivity index (χ3n) is 4.77. The van der Waals surface area contributed by atoms with Gasteiger partial charge in [0.1, 0.15) is 0 Å². The molecule has 0 atom stereocenters. The molecule has 29 heavy (non-hydrogen) atoms. The van der Waals surface area contributed by atoms with Crippen molar-refractivity contribution in [1.82, 2.24) is 19.9 Å². The molecule has 0 radical (unpaired) electrons. The normalized spacial score (nSPS) is 10.7. The molecule has 0 aliphatic carbocycles. The minimum Gasteiger partial charge on any atom is -0.348 e. The van der Waals surface area contributed by atoms with Gasteiger partial charge in [-0.2, -0.15) is 0 Å². The van der Waals surface area contributed by atoms with Gasteiger partial charge in [0.2, 0.25) is 0 Å². The smallest absolute Gasteiger partial charge is 0.253 e. The number of hydrogen-bond acceptors (Lipinski definition) is 3. The molecule has 2 aromatic heterocycles. The molecule has 0 aliphatic rings. The number of imidazole rings is 1. The van der Waals surface area contributed by atoms with Crippen LogP contribution in [0.5, 0.6) is 0 Å². The van der Waals surface area contributed by atoms with Gasteiger partial charge < -0.3 is 9.88 Å². The highest BCUT2D eigenvalue weighted by Gasteiger charge is 2.11. The monoisotopic (exact) mass is 382 g/mol. The number of aryl methyl sites for hydroxylation is 1. The Kier molecular flexibility index (Phi) is 5.47. The lowest BCUT2D eigenvalue weighted by molar-refractivity contribution is 0.0950. The van der Waals surface area contributed by atoms with Crippen LogP contribution in [0.3, 0.4) is 0 Å². The van der Waals surface area contributed by atoms with E-state index in [1.54, 1.807) is 12.5 Å². The van der Waals surface area contributed by atoms with Crippen molar-refractivity contribution in [3.8, 4) is 11.3 Å². The van der Waals surface area contributed by atoms with Crippen LogP contribution in [0, 0.1) is 6.92 Å². The first-order chi connectivity index (χ1) is 14.2. The van der Waals surface area contributed by atoms with E-state index in [1.165, 1.54) is 5.56 Å². The number of carbonyl (C=O) groups is 1. The molecule has 5 heteroatoms. The molecule has 4 aromatic rings. The summed E-state index contributed by atoms with van der Waals surface area (Å²) in [4.78, 5) is 21.3. The lowest BCUT2D eigenvalue weighted by Gasteiger charge is -2.10. The molecular formula is C24H22N4O. The summed E-state index contributed by atoms with van der Waals surface area (Å²) in [6, 6.07) is 21.9. The van der Waals surface area contributed by atoms with Crippen LogP contribution in [0.4, 0.5) is 0 Å². The van der Waals surface area contributed by atoms with Crippen molar-refractivity contribution in [2.24, 2.45) is 0 Å². The predicted octanol–water partition coefficient (Wildman–Crippen LogP) is 4.23. The number of pyridine rings is 1. The average molecular weight is 382 g/mol. The fourth-order valence-electron chi connectivity index (χ4n) is 3.28. The van der Waals surface area contributed by atoms with Crippen LogP contribution in [0.2, 0.25) is 0 Å². The summed E-state index contributed by atoms with van der Waals surface area (Å²) in [5, 5.41) is 3.00. The lowest BCUT2D eigenvalue weighted by Crippen LogP contribution is -2.24. The topological polar surface area (TPSA) is 59.8 Å². The van der Waals surface area contributed by atoms with E-state index in [1.807, 2.05) is 72.3 Å². The second-order valence-corrected chi connectivity index (χ2v) is 6.93. The number of carbonyl (C=O) groups excluding carboxylic acids is 1. The zero-order chi connectivity index (χ0) is 20.1. The fourth-order valence-corrected chi connectivity index (χ4v) is 3.28. The Hall–Kier alpha value is -3.73. The maximum absolute atomic E-state index is 12.7. The average Bonchev–Trinajstić information content (AvgIpc) is 3.26. The summed E-state index contributed by atoms with van der Waals surface area (Å²) >= 11 is 0. The Morgan fingerprint density at radius 3 is 2.59 bits per heavy atom. The summed E-state index contributed by atoms with van der Waals surface area (Å²) in [5.74, 6) is -0.116. The molecule has 0 fully saturated rings. The predicted molar refractivity (Wildman–Crippen MR) is 113 cm³/mol. The van der Waals surface area contributed by atoms with Gasteiger partial charge in [0.25, 0.3) is 5.91 Å². The second-order valence-electron chi connectivity index (χ2n) is 6.93. The Morgan fingerprint density at radius 2 is 1.83 bits per heavy atom. The molecule has 0 bridgehead atoms. The molecule has 2 heterocycles. The number of nitrogens with one attached hydrogen (secondary N) is 1. The van der Waals surface area contributed by atoms with Crippen LogP contribution in [0.15, 0.2) is 85.5 Å². The van der Waals surface area contributed by atoms with Crippen molar-refractivity contribution in [2.45, 2.75) is 20.0 Å². The zero-order valence-electron chi connectivity index (χ0n) is 16.2. The van der Waals surface area contributed by atoms with E-state index in [0.29, 0.717) is 12.1 Å². The van der Waals surface area contributed by atoms with Gasteiger partial charge in [0.05, 0.1) is 23.3 Å². The van der Waals surface area contributed by atoms with Crippen LogP contribution in [0.1, 0.15) is 27.2 Å². The van der Waals surface area contributed by atoms with E-state index in [4.69, 9.17) is 0 Å². The van der Waals surface area contributed by atoms with Gasteiger partial charge >= 0.3 is 0 Å². The number of rotatable bonds is 6. The SMILES string of the molecule is Cc1nc(-c2ccccc2)ccc1C(=O)NCc1cccc(Cn2ccnc2)c1. The number of aromatic nitrogens is 3. The number of hydrogen-bond donors (Lipinski definition) is 1. The second kappa shape index (κ2) is 8.52. The molecule has 144 valence electrons. The molecule has 0 aliphatic heterocycles. The van der Waals surface area contributed by atoms with Crippen LogP contribution < -0.4 is 5.32 Å². The molecule has 4 rings (SSSR count). The minimum absolute atomic E-state index is 0.116. The first-order valence-electron chi connectivity index (χ1n) is 9.54. The van der Waals surface area contributed by atoms with Crippen molar-refractivity contribution in [1.29, 1.82) is 0 Å². The van der Waals surface area contributed by atoms with Gasteiger partial charge in [-0.25, -0.2) is 4.98 Å². The Balaban J connectivity index is 1.42. The molecule has 1 amide bonds. The fraction of sp³-hybridized carbons (Fsp3) is 0.125. The summed E-state index contributed by atoms with van der Waals surface area (Å²) < 4.78 is 2.01. The summed E-state index contributed by atoms with van der Waals surface area (Å²) in [5.41, 5.74) is 5.45. The van der Waals surface area contributed by atoms with E-state index in [2.05, 4.69) is 27.4 Å². The first-order valence-corrected chi connectivity index (χ1v) is 9.54. The van der Waals surface area contributed by atoms with Gasteiger partial charge in [-0.15, -0.1) is 0 Å². The van der Waals surface area contributed by atoms with Crippen LogP contribution in [-0.2, 0) is 13.1 Å². The Morgan fingerprint density at radius 1 is 1.00 bits per heavy atom. The number of amides is 1. The van der Waals surface area contributed by atoms with Crippen molar-refractivity contribution in [2.75, 3.05) is 0 Å². The van der Waals surface area contributed by atoms with Crippen molar-refractivity contribution >= 4 is 5.91 Å². The largest absolute Gasteiger partial charge is 0.348 e. The van der Waals surface area contributed by atoms with Crippen LogP contribution >= 0.6 is 0 Å².